The summed E-state index contributed by atoms with van der Waals surface area (Å²) in [6, 6.07) is 0.707. The van der Waals surface area contributed by atoms with E-state index in [4.69, 9.17) is 0 Å². The molecule has 0 spiro atoms. The highest BCUT2D eigenvalue weighted by molar-refractivity contribution is 5.10. The van der Waals surface area contributed by atoms with Crippen LogP contribution in [0.25, 0.3) is 0 Å². The van der Waals surface area contributed by atoms with E-state index < -0.39 is 17.3 Å². The smallest absolute Gasteiger partial charge is 0.253 e. The Hall–Kier alpha value is -1.19. The van der Waals surface area contributed by atoms with Gasteiger partial charge in [-0.3, -0.25) is 9.78 Å². The molecule has 54 valence electrons. The van der Waals surface area contributed by atoms with Gasteiger partial charge in [-0.15, -0.1) is 0 Å². The Morgan fingerprint density at radius 1 is 1.50 bits per heavy atom. The molecule has 1 rings (SSSR count). The fourth-order valence-corrected chi connectivity index (χ4v) is 0.566. The second kappa shape index (κ2) is 2.21. The standard InChI is InChI=1S/C6H5F2NO/c1-3-4(7)2-5(10)9-6(3)8/h2H,1H3,(H,9,10). The lowest BCUT2D eigenvalue weighted by Crippen LogP contribution is -2.09. The third kappa shape index (κ3) is 1.05. The van der Waals surface area contributed by atoms with Crippen LogP contribution in [0.1, 0.15) is 5.56 Å². The van der Waals surface area contributed by atoms with Gasteiger partial charge in [0.05, 0.1) is 0 Å². The molecule has 0 unspecified atom stereocenters. The predicted octanol–water partition coefficient (Wildman–Crippen LogP) is 0.962. The highest BCUT2D eigenvalue weighted by Crippen LogP contribution is 2.03. The van der Waals surface area contributed by atoms with Gasteiger partial charge in [-0.2, -0.15) is 4.39 Å². The van der Waals surface area contributed by atoms with Crippen LogP contribution in [0.15, 0.2) is 10.9 Å². The Morgan fingerprint density at radius 3 is 2.60 bits per heavy atom. The van der Waals surface area contributed by atoms with Gasteiger partial charge in [-0.25, -0.2) is 4.39 Å². The van der Waals surface area contributed by atoms with Gasteiger partial charge in [0.2, 0.25) is 0 Å². The molecular formula is C6H5F2NO. The maximum absolute atomic E-state index is 12.4. The second-order valence-corrected chi connectivity index (χ2v) is 1.92. The van der Waals surface area contributed by atoms with Crippen LogP contribution in [0.3, 0.4) is 0 Å². The van der Waals surface area contributed by atoms with Crippen molar-refractivity contribution >= 4 is 0 Å². The van der Waals surface area contributed by atoms with Crippen LogP contribution < -0.4 is 5.56 Å². The molecule has 0 radical (unpaired) electrons. The Morgan fingerprint density at radius 2 is 2.10 bits per heavy atom. The van der Waals surface area contributed by atoms with Crippen LogP contribution in [0.4, 0.5) is 8.78 Å². The number of H-pyrrole nitrogens is 1. The number of aromatic nitrogens is 1. The number of hydrogen-bond donors (Lipinski definition) is 1. The molecule has 1 N–H and O–H groups in total. The van der Waals surface area contributed by atoms with Crippen molar-refractivity contribution < 1.29 is 8.78 Å². The zero-order chi connectivity index (χ0) is 7.72. The van der Waals surface area contributed by atoms with Crippen molar-refractivity contribution in [2.75, 3.05) is 0 Å². The lowest BCUT2D eigenvalue weighted by atomic mass is 10.3. The minimum absolute atomic E-state index is 0.167. The summed E-state index contributed by atoms with van der Waals surface area (Å²) in [6.45, 7) is 1.25. The number of pyridine rings is 1. The first-order valence-corrected chi connectivity index (χ1v) is 2.66. The van der Waals surface area contributed by atoms with E-state index in [1.165, 1.54) is 6.92 Å². The summed E-state index contributed by atoms with van der Waals surface area (Å²) >= 11 is 0. The lowest BCUT2D eigenvalue weighted by Gasteiger charge is -1.94. The van der Waals surface area contributed by atoms with Crippen molar-refractivity contribution in [3.05, 3.63) is 33.7 Å². The van der Waals surface area contributed by atoms with Crippen LogP contribution in [0.2, 0.25) is 0 Å². The van der Waals surface area contributed by atoms with Crippen LogP contribution in [0, 0.1) is 18.7 Å². The van der Waals surface area contributed by atoms with Gasteiger partial charge in [-0.05, 0) is 6.92 Å². The van der Waals surface area contributed by atoms with Crippen LogP contribution in [0.5, 0.6) is 0 Å². The molecule has 1 heterocycles. The SMILES string of the molecule is Cc1c(F)cc(=O)[nH]c1F. The van der Waals surface area contributed by atoms with E-state index in [1.54, 1.807) is 0 Å². The van der Waals surface area contributed by atoms with Crippen molar-refractivity contribution in [2.24, 2.45) is 0 Å². The maximum atomic E-state index is 12.4. The average Bonchev–Trinajstić information content (AvgIpc) is 1.82. The molecule has 2 nitrogen and oxygen atoms in total. The van der Waals surface area contributed by atoms with Crippen LogP contribution in [-0.2, 0) is 0 Å². The summed E-state index contributed by atoms with van der Waals surface area (Å²) < 4.78 is 24.7. The molecule has 0 atom stereocenters. The second-order valence-electron chi connectivity index (χ2n) is 1.92. The molecule has 0 amide bonds. The zero-order valence-corrected chi connectivity index (χ0v) is 5.24. The molecule has 0 aliphatic carbocycles. The van der Waals surface area contributed by atoms with Gasteiger partial charge < -0.3 is 0 Å². The molecule has 1 aromatic rings. The normalized spacial score (nSPS) is 9.90. The molecule has 0 aromatic carbocycles. The van der Waals surface area contributed by atoms with Gasteiger partial charge in [-0.1, -0.05) is 0 Å². The van der Waals surface area contributed by atoms with Gasteiger partial charge in [0.25, 0.3) is 5.56 Å². The first-order valence-electron chi connectivity index (χ1n) is 2.66. The summed E-state index contributed by atoms with van der Waals surface area (Å²) in [5.41, 5.74) is -0.930. The Labute approximate surface area is 55.5 Å². The average molecular weight is 145 g/mol. The van der Waals surface area contributed by atoms with Crippen LogP contribution >= 0.6 is 0 Å². The quantitative estimate of drug-likeness (QED) is 0.542. The number of rotatable bonds is 0. The van der Waals surface area contributed by atoms with Crippen molar-refractivity contribution in [1.29, 1.82) is 0 Å². The third-order valence-electron chi connectivity index (χ3n) is 1.18. The van der Waals surface area contributed by atoms with Crippen molar-refractivity contribution in [2.45, 2.75) is 6.92 Å². The van der Waals surface area contributed by atoms with E-state index >= 15 is 0 Å². The molecule has 0 fully saturated rings. The summed E-state index contributed by atoms with van der Waals surface area (Å²) in [5, 5.41) is 0. The molecule has 4 heteroatoms. The topological polar surface area (TPSA) is 32.9 Å². The minimum atomic E-state index is -0.912. The van der Waals surface area contributed by atoms with E-state index in [1.807, 2.05) is 4.98 Å². The fraction of sp³-hybridized carbons (Fsp3) is 0.167. The number of aromatic amines is 1. The molecular weight excluding hydrogens is 140 g/mol. The van der Waals surface area contributed by atoms with Gasteiger partial charge in [0, 0.05) is 11.6 Å². The van der Waals surface area contributed by atoms with Crippen molar-refractivity contribution in [3.8, 4) is 0 Å². The lowest BCUT2D eigenvalue weighted by molar-refractivity contribution is 0.532. The number of hydrogen-bond acceptors (Lipinski definition) is 1. The summed E-state index contributed by atoms with van der Waals surface area (Å²) in [5.74, 6) is -1.73. The molecule has 1 aromatic heterocycles. The molecule has 10 heavy (non-hydrogen) atoms. The first-order chi connectivity index (χ1) is 4.61. The first kappa shape index (κ1) is 6.92. The predicted molar refractivity (Wildman–Crippen MR) is 31.7 cm³/mol. The van der Waals surface area contributed by atoms with Gasteiger partial charge in [0.1, 0.15) is 5.82 Å². The monoisotopic (exact) mass is 145 g/mol. The molecule has 0 aliphatic rings. The van der Waals surface area contributed by atoms with Gasteiger partial charge >= 0.3 is 0 Å². The Bertz CT molecular complexity index is 279. The van der Waals surface area contributed by atoms with E-state index in [9.17, 15) is 13.6 Å². The maximum Gasteiger partial charge on any atom is 0.253 e. The summed E-state index contributed by atoms with van der Waals surface area (Å²) in [4.78, 5) is 12.1. The third-order valence-corrected chi connectivity index (χ3v) is 1.18. The van der Waals surface area contributed by atoms with E-state index in [0.29, 0.717) is 6.07 Å². The summed E-state index contributed by atoms with van der Waals surface area (Å²) in [6.07, 6.45) is 0. The van der Waals surface area contributed by atoms with E-state index in [-0.39, 0.29) is 5.56 Å². The minimum Gasteiger partial charge on any atom is -0.298 e. The Balaban J connectivity index is 3.46. The van der Waals surface area contributed by atoms with Crippen LogP contribution in [-0.4, -0.2) is 4.98 Å². The largest absolute Gasteiger partial charge is 0.298 e. The highest BCUT2D eigenvalue weighted by Gasteiger charge is 2.03. The fourth-order valence-electron chi connectivity index (χ4n) is 0.566. The van der Waals surface area contributed by atoms with Gasteiger partial charge in [0.15, 0.2) is 5.95 Å². The Kier molecular flexibility index (Phi) is 1.53. The molecule has 0 aliphatic heterocycles. The highest BCUT2D eigenvalue weighted by atomic mass is 19.1. The molecule has 0 saturated heterocycles. The molecule has 0 saturated carbocycles. The van der Waals surface area contributed by atoms with Crippen molar-refractivity contribution in [3.63, 3.8) is 0 Å². The summed E-state index contributed by atoms with van der Waals surface area (Å²) in [7, 11) is 0. The molecule has 0 bridgehead atoms. The number of halogens is 2. The zero-order valence-electron chi connectivity index (χ0n) is 5.24. The van der Waals surface area contributed by atoms with E-state index in [2.05, 4.69) is 0 Å². The van der Waals surface area contributed by atoms with Crippen molar-refractivity contribution in [1.82, 2.24) is 4.98 Å². The van der Waals surface area contributed by atoms with E-state index in [0.717, 1.165) is 0 Å². The number of nitrogens with one attached hydrogen (secondary N) is 1.